The van der Waals surface area contributed by atoms with Crippen molar-refractivity contribution < 1.29 is 29.1 Å². The van der Waals surface area contributed by atoms with Gasteiger partial charge in [-0.3, -0.25) is 24.6 Å². The summed E-state index contributed by atoms with van der Waals surface area (Å²) in [6.07, 6.45) is 4.10. The first kappa shape index (κ1) is 39.8. The molecule has 59 heavy (non-hydrogen) atoms. The van der Waals surface area contributed by atoms with E-state index in [4.69, 9.17) is 5.73 Å². The molecule has 2 aromatic carbocycles. The van der Waals surface area contributed by atoms with Gasteiger partial charge in [-0.1, -0.05) is 12.1 Å². The Balaban J connectivity index is 0.845. The Morgan fingerprint density at radius 1 is 0.932 bits per heavy atom. The SMILES string of the molecule is Cc1cc(N2CC(CC(=O)N3CCC(c4ccc(Nc5nc(N6CCC[C@@H](N7CCN(C)C7=O)C6)nnc5C(N)=O)c(CO)c4)CC3)C2)ccc1N1CCC(=O)NC1=O. The third kappa shape index (κ3) is 8.31. The average molecular weight is 809 g/mol. The van der Waals surface area contributed by atoms with Gasteiger partial charge in [-0.25, -0.2) is 9.59 Å². The Kier molecular flexibility index (Phi) is 11.2. The number of piperidine rings is 2. The molecular formula is C41H52N12O6. The number of rotatable bonds is 11. The molecule has 5 aliphatic rings. The second kappa shape index (κ2) is 16.7. The average Bonchev–Trinajstić information content (AvgIpc) is 3.56. The van der Waals surface area contributed by atoms with Gasteiger partial charge in [0.05, 0.1) is 12.6 Å². The topological polar surface area (TPSA) is 214 Å². The van der Waals surface area contributed by atoms with E-state index in [0.717, 1.165) is 61.3 Å². The van der Waals surface area contributed by atoms with Crippen LogP contribution in [0.1, 0.15) is 71.6 Å². The molecular weight excluding hydrogens is 757 g/mol. The third-order valence-corrected chi connectivity index (χ3v) is 12.5. The predicted molar refractivity (Wildman–Crippen MR) is 220 cm³/mol. The number of imide groups is 1. The van der Waals surface area contributed by atoms with Crippen LogP contribution in [0.15, 0.2) is 36.4 Å². The molecule has 0 radical (unpaired) electrons. The number of aromatic nitrogens is 3. The zero-order valence-corrected chi connectivity index (χ0v) is 33.6. The standard InChI is InChI=1S/C41H52N12O6/c1-25-18-30(6-8-33(25)53-15-11-34(55)44-40(53)58)51-21-26(22-51)19-35(56)49-13-9-27(10-14-49)28-5-7-32(29(20-28)24-54)43-38-36(37(42)57)46-47-39(45-38)50-12-3-4-31(23-50)52-17-16-48(2)41(52)59/h5-8,18,20,26-27,31,54H,3-4,9-17,19,21-24H2,1-2H3,(H2,42,57)(H,43,45,47)(H,44,55,58)/t31-/m1/s1. The molecule has 5 fully saturated rings. The summed E-state index contributed by atoms with van der Waals surface area (Å²) < 4.78 is 0. The number of urea groups is 2. The molecule has 18 nitrogen and oxygen atoms in total. The van der Waals surface area contributed by atoms with Crippen LogP contribution >= 0.6 is 0 Å². The lowest BCUT2D eigenvalue weighted by Crippen LogP contribution is -2.50. The van der Waals surface area contributed by atoms with Gasteiger partial charge in [-0.05, 0) is 73.9 Å². The number of likely N-dealkylation sites (N-methyl/N-ethyl adjacent to an activating group) is 1. The minimum absolute atomic E-state index is 0.0131. The normalized spacial score (nSPS) is 20.6. The molecule has 18 heteroatoms. The highest BCUT2D eigenvalue weighted by molar-refractivity contribution is 6.06. The van der Waals surface area contributed by atoms with Gasteiger partial charge in [0.1, 0.15) is 0 Å². The molecule has 0 unspecified atom stereocenters. The predicted octanol–water partition coefficient (Wildman–Crippen LogP) is 2.53. The van der Waals surface area contributed by atoms with Crippen LogP contribution in [0.25, 0.3) is 0 Å². The fourth-order valence-corrected chi connectivity index (χ4v) is 9.03. The number of anilines is 5. The van der Waals surface area contributed by atoms with Crippen molar-refractivity contribution in [1.82, 2.24) is 35.2 Å². The third-order valence-electron chi connectivity index (χ3n) is 12.5. The van der Waals surface area contributed by atoms with Gasteiger partial charge >= 0.3 is 12.1 Å². The molecule has 7 amide bonds. The van der Waals surface area contributed by atoms with Gasteiger partial charge in [-0.15, -0.1) is 10.2 Å². The quantitative estimate of drug-likeness (QED) is 0.220. The summed E-state index contributed by atoms with van der Waals surface area (Å²) in [5.41, 5.74) is 10.6. The minimum atomic E-state index is -0.786. The molecule has 312 valence electrons. The molecule has 8 rings (SSSR count). The molecule has 6 heterocycles. The first-order valence-electron chi connectivity index (χ1n) is 20.5. The molecule has 5 N–H and O–H groups in total. The van der Waals surface area contributed by atoms with Crippen LogP contribution in [-0.4, -0.2) is 137 Å². The van der Waals surface area contributed by atoms with E-state index in [1.165, 1.54) is 0 Å². The van der Waals surface area contributed by atoms with Crippen LogP contribution in [0.2, 0.25) is 0 Å². The van der Waals surface area contributed by atoms with Crippen LogP contribution in [0, 0.1) is 12.8 Å². The summed E-state index contributed by atoms with van der Waals surface area (Å²) in [6, 6.07) is 11.4. The van der Waals surface area contributed by atoms with E-state index in [1.807, 2.05) is 52.0 Å². The summed E-state index contributed by atoms with van der Waals surface area (Å²) >= 11 is 0. The van der Waals surface area contributed by atoms with E-state index < -0.39 is 11.9 Å². The van der Waals surface area contributed by atoms with Crippen LogP contribution < -0.4 is 31.1 Å². The van der Waals surface area contributed by atoms with Crippen LogP contribution in [0.4, 0.5) is 38.4 Å². The Morgan fingerprint density at radius 2 is 1.73 bits per heavy atom. The first-order chi connectivity index (χ1) is 28.4. The zero-order chi connectivity index (χ0) is 41.4. The number of nitrogens with zero attached hydrogens (tertiary/aromatic N) is 9. The number of primary amides is 1. The van der Waals surface area contributed by atoms with Crippen LogP contribution in [0.3, 0.4) is 0 Å². The molecule has 0 saturated carbocycles. The van der Waals surface area contributed by atoms with E-state index in [2.05, 4.69) is 36.8 Å². The summed E-state index contributed by atoms with van der Waals surface area (Å²) in [4.78, 5) is 78.4. The molecule has 1 aromatic heterocycles. The van der Waals surface area contributed by atoms with Crippen molar-refractivity contribution in [2.75, 3.05) is 86.0 Å². The number of hydrogen-bond donors (Lipinski definition) is 4. The number of amides is 7. The number of likely N-dealkylation sites (tertiary alicyclic amines) is 1. The second-order valence-corrected chi connectivity index (χ2v) is 16.4. The first-order valence-corrected chi connectivity index (χ1v) is 20.5. The summed E-state index contributed by atoms with van der Waals surface area (Å²) in [5.74, 6) is 0.0687. The number of hydrogen-bond acceptors (Lipinski definition) is 12. The number of benzene rings is 2. The monoisotopic (exact) mass is 808 g/mol. The molecule has 5 saturated heterocycles. The summed E-state index contributed by atoms with van der Waals surface area (Å²) in [5, 5.41) is 24.4. The highest BCUT2D eigenvalue weighted by atomic mass is 16.3. The Hall–Kier alpha value is -6.04. The van der Waals surface area contributed by atoms with Gasteiger partial charge < -0.3 is 40.7 Å². The van der Waals surface area contributed by atoms with Crippen molar-refractivity contribution >= 4 is 58.6 Å². The zero-order valence-electron chi connectivity index (χ0n) is 33.6. The van der Waals surface area contributed by atoms with Gasteiger partial charge in [0.15, 0.2) is 11.5 Å². The lowest BCUT2D eigenvalue weighted by molar-refractivity contribution is -0.133. The Labute approximate surface area is 342 Å². The number of carbonyl (C=O) groups excluding carboxylic acids is 5. The van der Waals surface area contributed by atoms with Crippen molar-refractivity contribution in [3.8, 4) is 0 Å². The lowest BCUT2D eigenvalue weighted by atomic mass is 9.87. The number of nitrogens with two attached hydrogens (primary N) is 1. The van der Waals surface area contributed by atoms with Crippen molar-refractivity contribution in [2.45, 2.75) is 64.0 Å². The van der Waals surface area contributed by atoms with E-state index in [0.29, 0.717) is 69.4 Å². The van der Waals surface area contributed by atoms with E-state index in [9.17, 15) is 29.1 Å². The lowest BCUT2D eigenvalue weighted by Gasteiger charge is -2.42. The second-order valence-electron chi connectivity index (χ2n) is 16.4. The Morgan fingerprint density at radius 3 is 2.42 bits per heavy atom. The Bertz CT molecular complexity index is 2140. The maximum Gasteiger partial charge on any atom is 0.328 e. The van der Waals surface area contributed by atoms with E-state index in [-0.39, 0.29) is 60.3 Å². The van der Waals surface area contributed by atoms with Gasteiger partial charge in [0, 0.05) is 107 Å². The van der Waals surface area contributed by atoms with Crippen molar-refractivity contribution in [3.05, 3.63) is 58.8 Å². The number of nitrogens with one attached hydrogen (secondary N) is 2. The minimum Gasteiger partial charge on any atom is -0.392 e. The molecule has 3 aromatic rings. The summed E-state index contributed by atoms with van der Waals surface area (Å²) in [7, 11) is 1.80. The fraction of sp³-hybridized carbons (Fsp3) is 0.512. The number of carbonyl (C=O) groups is 5. The molecule has 0 spiro atoms. The maximum atomic E-state index is 13.4. The van der Waals surface area contributed by atoms with Crippen molar-refractivity contribution in [2.24, 2.45) is 11.7 Å². The number of aliphatic hydroxyl groups is 1. The fourth-order valence-electron chi connectivity index (χ4n) is 9.03. The van der Waals surface area contributed by atoms with Crippen molar-refractivity contribution in [3.63, 3.8) is 0 Å². The molecule has 1 atom stereocenters. The smallest absolute Gasteiger partial charge is 0.328 e. The van der Waals surface area contributed by atoms with Gasteiger partial charge in [0.2, 0.25) is 17.8 Å². The van der Waals surface area contributed by atoms with E-state index >= 15 is 0 Å². The highest BCUT2D eigenvalue weighted by Gasteiger charge is 2.36. The van der Waals surface area contributed by atoms with Crippen LogP contribution in [0.5, 0.6) is 0 Å². The largest absolute Gasteiger partial charge is 0.392 e. The maximum absolute atomic E-state index is 13.4. The van der Waals surface area contributed by atoms with Crippen molar-refractivity contribution in [1.29, 1.82) is 0 Å². The summed E-state index contributed by atoms with van der Waals surface area (Å²) in [6.45, 7) is 7.53. The number of aliphatic hydroxyl groups excluding tert-OH is 1. The van der Waals surface area contributed by atoms with Gasteiger partial charge in [0.25, 0.3) is 5.91 Å². The molecule has 0 bridgehead atoms. The number of aryl methyl sites for hydroxylation is 1. The van der Waals surface area contributed by atoms with Gasteiger partial charge in [-0.2, -0.15) is 4.98 Å². The van der Waals surface area contributed by atoms with E-state index in [1.54, 1.807) is 16.8 Å². The molecule has 0 aliphatic carbocycles. The highest BCUT2D eigenvalue weighted by Crippen LogP contribution is 2.35. The van der Waals surface area contributed by atoms with Crippen LogP contribution in [-0.2, 0) is 16.2 Å². The molecule has 5 aliphatic heterocycles.